The van der Waals surface area contributed by atoms with Gasteiger partial charge in [0.25, 0.3) is 0 Å². The van der Waals surface area contributed by atoms with Crippen molar-refractivity contribution in [2.45, 2.75) is 24.4 Å². The van der Waals surface area contributed by atoms with Crippen molar-refractivity contribution in [3.05, 3.63) is 47.8 Å². The third-order valence-electron chi connectivity index (χ3n) is 3.06. The highest BCUT2D eigenvalue weighted by Crippen LogP contribution is 2.17. The summed E-state index contributed by atoms with van der Waals surface area (Å²) in [6.07, 6.45) is 3.72. The molecule has 0 amide bonds. The zero-order valence-electron chi connectivity index (χ0n) is 11.4. The zero-order chi connectivity index (χ0) is 14.8. The number of rotatable bonds is 5. The lowest BCUT2D eigenvalue weighted by molar-refractivity contribution is 0.572. The Kier molecular flexibility index (Phi) is 4.22. The summed E-state index contributed by atoms with van der Waals surface area (Å²) in [6.45, 7) is 2.63. The smallest absolute Gasteiger partial charge is 0.238 e. The predicted octanol–water partition coefficient (Wildman–Crippen LogP) is 0.918. The Bertz CT molecular complexity index is 694. The van der Waals surface area contributed by atoms with Crippen LogP contribution >= 0.6 is 0 Å². The molecule has 1 heterocycles. The molecule has 2 rings (SSSR count). The van der Waals surface area contributed by atoms with Crippen molar-refractivity contribution in [3.63, 3.8) is 0 Å². The Morgan fingerprint density at radius 2 is 2.20 bits per heavy atom. The number of primary sulfonamides is 1. The summed E-state index contributed by atoms with van der Waals surface area (Å²) in [5.74, 6) is 0. The Hall–Kier alpha value is -1.70. The lowest BCUT2D eigenvalue weighted by Crippen LogP contribution is -2.19. The third-order valence-corrected chi connectivity index (χ3v) is 3.97. The van der Waals surface area contributed by atoms with Crippen LogP contribution in [0, 0.1) is 0 Å². The Morgan fingerprint density at radius 1 is 1.45 bits per heavy atom. The molecule has 0 aliphatic heterocycles. The molecule has 0 radical (unpaired) electrons. The number of benzene rings is 1. The van der Waals surface area contributed by atoms with Crippen molar-refractivity contribution in [3.8, 4) is 0 Å². The predicted molar refractivity (Wildman–Crippen MR) is 76.3 cm³/mol. The molecule has 1 aromatic carbocycles. The van der Waals surface area contributed by atoms with E-state index in [0.717, 1.165) is 11.1 Å². The van der Waals surface area contributed by atoms with Crippen molar-refractivity contribution < 1.29 is 8.42 Å². The lowest BCUT2D eigenvalue weighted by atomic mass is 10.1. The molecule has 0 aliphatic rings. The number of nitrogens with zero attached hydrogens (tertiary/aromatic N) is 2. The van der Waals surface area contributed by atoms with Crippen molar-refractivity contribution in [2.24, 2.45) is 12.2 Å². The fourth-order valence-corrected chi connectivity index (χ4v) is 2.48. The van der Waals surface area contributed by atoms with Crippen LogP contribution in [-0.4, -0.2) is 18.2 Å². The third kappa shape index (κ3) is 3.66. The average molecular weight is 294 g/mol. The maximum absolute atomic E-state index is 11.3. The van der Waals surface area contributed by atoms with Gasteiger partial charge >= 0.3 is 0 Å². The molecule has 0 saturated heterocycles. The van der Waals surface area contributed by atoms with E-state index in [1.54, 1.807) is 23.0 Å². The lowest BCUT2D eigenvalue weighted by Gasteiger charge is -2.14. The number of hydrogen-bond donors (Lipinski definition) is 2. The zero-order valence-corrected chi connectivity index (χ0v) is 12.3. The quantitative estimate of drug-likeness (QED) is 0.858. The van der Waals surface area contributed by atoms with E-state index in [1.165, 1.54) is 6.07 Å². The van der Waals surface area contributed by atoms with E-state index in [2.05, 4.69) is 10.4 Å². The van der Waals surface area contributed by atoms with Gasteiger partial charge in [0.05, 0.1) is 11.1 Å². The summed E-state index contributed by atoms with van der Waals surface area (Å²) in [7, 11) is -1.80. The minimum atomic E-state index is -3.66. The Balaban J connectivity index is 2.07. The molecule has 0 spiro atoms. The molecule has 0 bridgehead atoms. The van der Waals surface area contributed by atoms with Gasteiger partial charge in [-0.2, -0.15) is 5.10 Å². The summed E-state index contributed by atoms with van der Waals surface area (Å²) in [6, 6.07) is 6.66. The van der Waals surface area contributed by atoms with Gasteiger partial charge in [-0.25, -0.2) is 13.6 Å². The summed E-state index contributed by atoms with van der Waals surface area (Å²) in [5.41, 5.74) is 1.95. The molecule has 20 heavy (non-hydrogen) atoms. The second-order valence-electron chi connectivity index (χ2n) is 4.74. The van der Waals surface area contributed by atoms with Crippen LogP contribution < -0.4 is 10.5 Å². The number of nitrogens with two attached hydrogens (primary N) is 1. The molecule has 1 unspecified atom stereocenters. The summed E-state index contributed by atoms with van der Waals surface area (Å²) in [4.78, 5) is 0.130. The van der Waals surface area contributed by atoms with Crippen LogP contribution in [0.2, 0.25) is 0 Å². The van der Waals surface area contributed by atoms with Crippen LogP contribution in [0.4, 0.5) is 0 Å². The first-order valence-electron chi connectivity index (χ1n) is 6.20. The van der Waals surface area contributed by atoms with Crippen molar-refractivity contribution >= 4 is 10.0 Å². The largest absolute Gasteiger partial charge is 0.306 e. The standard InChI is InChI=1S/C13H18N4O2S/c1-10(15-7-11-8-16-17(2)9-11)12-4-3-5-13(6-12)20(14,18)19/h3-6,8-10,15H,7H2,1-2H3,(H2,14,18,19). The average Bonchev–Trinajstić information content (AvgIpc) is 2.81. The van der Waals surface area contributed by atoms with Gasteiger partial charge in [-0.15, -0.1) is 0 Å². The van der Waals surface area contributed by atoms with Crippen LogP contribution in [0.15, 0.2) is 41.6 Å². The minimum Gasteiger partial charge on any atom is -0.306 e. The van der Waals surface area contributed by atoms with E-state index in [1.807, 2.05) is 26.2 Å². The monoisotopic (exact) mass is 294 g/mol. The second-order valence-corrected chi connectivity index (χ2v) is 6.30. The van der Waals surface area contributed by atoms with Gasteiger partial charge in [-0.3, -0.25) is 4.68 Å². The van der Waals surface area contributed by atoms with E-state index < -0.39 is 10.0 Å². The number of sulfonamides is 1. The van der Waals surface area contributed by atoms with Crippen LogP contribution in [0.5, 0.6) is 0 Å². The topological polar surface area (TPSA) is 90.0 Å². The van der Waals surface area contributed by atoms with Crippen LogP contribution in [0.3, 0.4) is 0 Å². The number of nitrogens with one attached hydrogen (secondary N) is 1. The van der Waals surface area contributed by atoms with Gasteiger partial charge in [0.2, 0.25) is 10.0 Å². The van der Waals surface area contributed by atoms with Crippen molar-refractivity contribution in [1.29, 1.82) is 0 Å². The van der Waals surface area contributed by atoms with E-state index in [9.17, 15) is 8.42 Å². The first-order chi connectivity index (χ1) is 9.36. The molecular weight excluding hydrogens is 276 g/mol. The molecule has 0 aliphatic carbocycles. The Labute approximate surface area is 118 Å². The molecule has 0 saturated carbocycles. The van der Waals surface area contributed by atoms with E-state index in [-0.39, 0.29) is 10.9 Å². The molecule has 0 fully saturated rings. The van der Waals surface area contributed by atoms with Crippen LogP contribution in [0.25, 0.3) is 0 Å². The van der Waals surface area contributed by atoms with E-state index in [4.69, 9.17) is 5.14 Å². The van der Waals surface area contributed by atoms with Crippen molar-refractivity contribution in [2.75, 3.05) is 0 Å². The van der Waals surface area contributed by atoms with E-state index >= 15 is 0 Å². The molecule has 3 N–H and O–H groups in total. The fraction of sp³-hybridized carbons (Fsp3) is 0.308. The second kappa shape index (κ2) is 5.74. The molecule has 7 heteroatoms. The summed E-state index contributed by atoms with van der Waals surface area (Å²) < 4.78 is 24.4. The van der Waals surface area contributed by atoms with Crippen LogP contribution in [-0.2, 0) is 23.6 Å². The number of aryl methyl sites for hydroxylation is 1. The minimum absolute atomic E-state index is 0.0110. The maximum Gasteiger partial charge on any atom is 0.238 e. The number of hydrogen-bond acceptors (Lipinski definition) is 4. The van der Waals surface area contributed by atoms with Crippen molar-refractivity contribution in [1.82, 2.24) is 15.1 Å². The van der Waals surface area contributed by atoms with Gasteiger partial charge in [-0.05, 0) is 24.6 Å². The van der Waals surface area contributed by atoms with Gasteiger partial charge in [0, 0.05) is 31.4 Å². The molecule has 2 aromatic rings. The van der Waals surface area contributed by atoms with Gasteiger partial charge in [0.1, 0.15) is 0 Å². The SMILES string of the molecule is CC(NCc1cnn(C)c1)c1cccc(S(N)(=O)=O)c1. The summed E-state index contributed by atoms with van der Waals surface area (Å²) in [5, 5.41) is 12.5. The first kappa shape index (κ1) is 14.7. The highest BCUT2D eigenvalue weighted by Gasteiger charge is 2.11. The highest BCUT2D eigenvalue weighted by atomic mass is 32.2. The highest BCUT2D eigenvalue weighted by molar-refractivity contribution is 7.89. The van der Waals surface area contributed by atoms with Gasteiger partial charge in [0.15, 0.2) is 0 Å². The fourth-order valence-electron chi connectivity index (χ4n) is 1.91. The molecule has 6 nitrogen and oxygen atoms in total. The maximum atomic E-state index is 11.3. The Morgan fingerprint density at radius 3 is 2.80 bits per heavy atom. The molecule has 1 aromatic heterocycles. The van der Waals surface area contributed by atoms with E-state index in [0.29, 0.717) is 6.54 Å². The van der Waals surface area contributed by atoms with Crippen LogP contribution in [0.1, 0.15) is 24.1 Å². The molecule has 108 valence electrons. The normalized spacial score (nSPS) is 13.3. The molecular formula is C13H18N4O2S. The van der Waals surface area contributed by atoms with Gasteiger partial charge in [-0.1, -0.05) is 12.1 Å². The molecule has 1 atom stereocenters. The first-order valence-corrected chi connectivity index (χ1v) is 7.74. The summed E-state index contributed by atoms with van der Waals surface area (Å²) >= 11 is 0. The van der Waals surface area contributed by atoms with Gasteiger partial charge < -0.3 is 5.32 Å². The number of aromatic nitrogens is 2.